The zero-order chi connectivity index (χ0) is 14.4. The summed E-state index contributed by atoms with van der Waals surface area (Å²) in [6.45, 7) is 2.71. The highest BCUT2D eigenvalue weighted by Crippen LogP contribution is 2.18. The van der Waals surface area contributed by atoms with Crippen molar-refractivity contribution in [1.29, 1.82) is 0 Å². The van der Waals surface area contributed by atoms with Crippen molar-refractivity contribution in [3.8, 4) is 5.75 Å². The maximum absolute atomic E-state index is 11.8. The average molecular weight is 276 g/mol. The fourth-order valence-corrected chi connectivity index (χ4v) is 1.69. The van der Waals surface area contributed by atoms with Crippen LogP contribution in [0.2, 0.25) is 0 Å². The van der Waals surface area contributed by atoms with Gasteiger partial charge in [0.2, 0.25) is 5.91 Å². The van der Waals surface area contributed by atoms with E-state index in [1.54, 1.807) is 24.3 Å². The zero-order valence-electron chi connectivity index (χ0n) is 11.6. The van der Waals surface area contributed by atoms with Gasteiger partial charge in [-0.2, -0.15) is 0 Å². The average Bonchev–Trinajstić information content (AvgIpc) is 3.27. The Morgan fingerprint density at radius 3 is 2.55 bits per heavy atom. The molecule has 2 amide bonds. The highest BCUT2D eigenvalue weighted by Gasteiger charge is 2.23. The summed E-state index contributed by atoms with van der Waals surface area (Å²) in [6, 6.07) is 7.22. The molecule has 0 aromatic heterocycles. The third-order valence-electron chi connectivity index (χ3n) is 2.94. The smallest absolute Gasteiger partial charge is 0.251 e. The maximum atomic E-state index is 11.8. The molecule has 0 unspecified atom stereocenters. The number of amides is 2. The molecule has 1 saturated carbocycles. The molecule has 2 rings (SSSR count). The van der Waals surface area contributed by atoms with Crippen LogP contribution in [0.15, 0.2) is 24.3 Å². The first kappa shape index (κ1) is 14.4. The fourth-order valence-electron chi connectivity index (χ4n) is 1.69. The van der Waals surface area contributed by atoms with Crippen LogP contribution < -0.4 is 15.4 Å². The lowest BCUT2D eigenvalue weighted by Gasteiger charge is -2.07. The largest absolute Gasteiger partial charge is 0.494 e. The minimum Gasteiger partial charge on any atom is -0.494 e. The van der Waals surface area contributed by atoms with E-state index in [4.69, 9.17) is 4.74 Å². The highest BCUT2D eigenvalue weighted by atomic mass is 16.5. The summed E-state index contributed by atoms with van der Waals surface area (Å²) in [5, 5.41) is 5.42. The fraction of sp³-hybridized carbons (Fsp3) is 0.467. The van der Waals surface area contributed by atoms with Crippen LogP contribution >= 0.6 is 0 Å². The summed E-state index contributed by atoms with van der Waals surface area (Å²) in [5.74, 6) is 0.358. The molecule has 0 saturated heterocycles. The molecule has 2 N–H and O–H groups in total. The quantitative estimate of drug-likeness (QED) is 0.792. The van der Waals surface area contributed by atoms with Gasteiger partial charge in [-0.25, -0.2) is 0 Å². The van der Waals surface area contributed by atoms with Gasteiger partial charge >= 0.3 is 0 Å². The van der Waals surface area contributed by atoms with Gasteiger partial charge in [-0.15, -0.1) is 0 Å². The van der Waals surface area contributed by atoms with Crippen LogP contribution in [0.4, 0.5) is 0 Å². The first-order chi connectivity index (χ1) is 9.69. The summed E-state index contributed by atoms with van der Waals surface area (Å²) >= 11 is 0. The van der Waals surface area contributed by atoms with Crippen LogP contribution in [0, 0.1) is 0 Å². The topological polar surface area (TPSA) is 67.4 Å². The van der Waals surface area contributed by atoms with Crippen LogP contribution in [-0.2, 0) is 4.79 Å². The molecule has 0 spiro atoms. The first-order valence-corrected chi connectivity index (χ1v) is 6.99. The predicted octanol–water partition coefficient (Wildman–Crippen LogP) is 1.48. The molecule has 0 aliphatic heterocycles. The van der Waals surface area contributed by atoms with Gasteiger partial charge in [-0.1, -0.05) is 6.92 Å². The Balaban J connectivity index is 1.77. The van der Waals surface area contributed by atoms with E-state index in [1.165, 1.54) is 0 Å². The molecule has 0 atom stereocenters. The van der Waals surface area contributed by atoms with Crippen molar-refractivity contribution in [3.63, 3.8) is 0 Å². The van der Waals surface area contributed by atoms with Crippen LogP contribution in [0.5, 0.6) is 5.75 Å². The normalized spacial score (nSPS) is 13.7. The molecular weight excluding hydrogens is 256 g/mol. The van der Waals surface area contributed by atoms with Crippen LogP contribution in [0.25, 0.3) is 0 Å². The van der Waals surface area contributed by atoms with Gasteiger partial charge in [0.15, 0.2) is 0 Å². The third-order valence-corrected chi connectivity index (χ3v) is 2.94. The van der Waals surface area contributed by atoms with E-state index in [2.05, 4.69) is 10.6 Å². The number of nitrogens with one attached hydrogen (secondary N) is 2. The lowest BCUT2D eigenvalue weighted by Crippen LogP contribution is -2.37. The summed E-state index contributed by atoms with van der Waals surface area (Å²) in [7, 11) is 0. The zero-order valence-corrected chi connectivity index (χ0v) is 11.6. The monoisotopic (exact) mass is 276 g/mol. The number of hydrogen-bond donors (Lipinski definition) is 2. The van der Waals surface area contributed by atoms with Crippen molar-refractivity contribution in [1.82, 2.24) is 10.6 Å². The van der Waals surface area contributed by atoms with E-state index < -0.39 is 0 Å². The number of benzene rings is 1. The molecule has 108 valence electrons. The molecule has 1 fully saturated rings. The Morgan fingerprint density at radius 1 is 1.25 bits per heavy atom. The van der Waals surface area contributed by atoms with Crippen molar-refractivity contribution in [2.24, 2.45) is 0 Å². The molecule has 1 aromatic rings. The Labute approximate surface area is 118 Å². The maximum Gasteiger partial charge on any atom is 0.251 e. The van der Waals surface area contributed by atoms with Gasteiger partial charge in [-0.05, 0) is 43.5 Å². The number of rotatable bonds is 7. The molecule has 20 heavy (non-hydrogen) atoms. The van der Waals surface area contributed by atoms with Gasteiger partial charge < -0.3 is 15.4 Å². The van der Waals surface area contributed by atoms with Crippen LogP contribution in [0.3, 0.4) is 0 Å². The molecule has 0 heterocycles. The first-order valence-electron chi connectivity index (χ1n) is 6.99. The van der Waals surface area contributed by atoms with Gasteiger partial charge in [0.05, 0.1) is 13.2 Å². The second-order valence-corrected chi connectivity index (χ2v) is 4.90. The van der Waals surface area contributed by atoms with Gasteiger partial charge in [0, 0.05) is 11.6 Å². The van der Waals surface area contributed by atoms with Gasteiger partial charge in [-0.3, -0.25) is 9.59 Å². The van der Waals surface area contributed by atoms with Crippen LogP contribution in [-0.4, -0.2) is 31.0 Å². The van der Waals surface area contributed by atoms with E-state index in [9.17, 15) is 9.59 Å². The lowest BCUT2D eigenvalue weighted by molar-refractivity contribution is -0.120. The molecule has 1 aromatic carbocycles. The van der Waals surface area contributed by atoms with Gasteiger partial charge in [0.25, 0.3) is 5.91 Å². The second-order valence-electron chi connectivity index (χ2n) is 4.90. The van der Waals surface area contributed by atoms with E-state index >= 15 is 0 Å². The Morgan fingerprint density at radius 2 is 1.95 bits per heavy atom. The van der Waals surface area contributed by atoms with Crippen molar-refractivity contribution >= 4 is 11.8 Å². The number of ether oxygens (including phenoxy) is 1. The number of hydrogen-bond acceptors (Lipinski definition) is 3. The molecule has 0 bridgehead atoms. The predicted molar refractivity (Wildman–Crippen MR) is 75.7 cm³/mol. The molecule has 5 heteroatoms. The SMILES string of the molecule is CCCOc1ccc(C(=O)NCC(=O)NC2CC2)cc1. The summed E-state index contributed by atoms with van der Waals surface area (Å²) in [6.07, 6.45) is 3.02. The number of carbonyl (C=O) groups is 2. The Bertz CT molecular complexity index is 467. The molecular formula is C15H20N2O3. The minimum absolute atomic E-state index is 0.0173. The van der Waals surface area contributed by atoms with Crippen molar-refractivity contribution < 1.29 is 14.3 Å². The Hall–Kier alpha value is -2.04. The third kappa shape index (κ3) is 4.57. The van der Waals surface area contributed by atoms with E-state index in [0.717, 1.165) is 25.0 Å². The van der Waals surface area contributed by atoms with E-state index in [0.29, 0.717) is 18.2 Å². The molecule has 0 radical (unpaired) electrons. The minimum atomic E-state index is -0.252. The van der Waals surface area contributed by atoms with Crippen molar-refractivity contribution in [2.75, 3.05) is 13.2 Å². The van der Waals surface area contributed by atoms with Gasteiger partial charge in [0.1, 0.15) is 5.75 Å². The highest BCUT2D eigenvalue weighted by molar-refractivity contribution is 5.96. The molecule has 5 nitrogen and oxygen atoms in total. The summed E-state index contributed by atoms with van der Waals surface area (Å²) in [4.78, 5) is 23.3. The van der Waals surface area contributed by atoms with Crippen LogP contribution in [0.1, 0.15) is 36.5 Å². The molecule has 1 aliphatic carbocycles. The van der Waals surface area contributed by atoms with E-state index in [-0.39, 0.29) is 18.4 Å². The Kier molecular flexibility index (Phi) is 4.98. The molecule has 1 aliphatic rings. The van der Waals surface area contributed by atoms with Crippen molar-refractivity contribution in [3.05, 3.63) is 29.8 Å². The summed E-state index contributed by atoms with van der Waals surface area (Å²) in [5.41, 5.74) is 0.521. The van der Waals surface area contributed by atoms with E-state index in [1.807, 2.05) is 6.92 Å². The summed E-state index contributed by atoms with van der Waals surface area (Å²) < 4.78 is 5.44. The lowest BCUT2D eigenvalue weighted by atomic mass is 10.2. The number of carbonyl (C=O) groups excluding carboxylic acids is 2. The second kappa shape index (κ2) is 6.93. The van der Waals surface area contributed by atoms with Crippen molar-refractivity contribution in [2.45, 2.75) is 32.2 Å². The standard InChI is InChI=1S/C15H20N2O3/c1-2-9-20-13-7-3-11(4-8-13)15(19)16-10-14(18)17-12-5-6-12/h3-4,7-8,12H,2,5-6,9-10H2,1H3,(H,16,19)(H,17,18).